The molecule has 0 radical (unpaired) electrons. The Morgan fingerprint density at radius 2 is 2.10 bits per heavy atom. The number of carboxylic acids is 1. The predicted octanol–water partition coefficient (Wildman–Crippen LogP) is 3.54. The van der Waals surface area contributed by atoms with E-state index in [0.29, 0.717) is 12.5 Å². The normalized spacial score (nSPS) is 16.0. The SMILES string of the molecule is O=C(O)C(NCc1cccs1)c1ccccc1C1CC1. The van der Waals surface area contributed by atoms with E-state index in [2.05, 4.69) is 11.4 Å². The molecule has 1 saturated carbocycles. The predicted molar refractivity (Wildman–Crippen MR) is 80.0 cm³/mol. The average molecular weight is 287 g/mol. The highest BCUT2D eigenvalue weighted by Crippen LogP contribution is 2.43. The van der Waals surface area contributed by atoms with Crippen molar-refractivity contribution < 1.29 is 9.90 Å². The summed E-state index contributed by atoms with van der Waals surface area (Å²) < 4.78 is 0. The zero-order valence-electron chi connectivity index (χ0n) is 11.1. The van der Waals surface area contributed by atoms with E-state index < -0.39 is 12.0 Å². The van der Waals surface area contributed by atoms with Crippen LogP contribution in [-0.2, 0) is 11.3 Å². The lowest BCUT2D eigenvalue weighted by molar-refractivity contribution is -0.139. The van der Waals surface area contributed by atoms with Crippen LogP contribution in [0.4, 0.5) is 0 Å². The van der Waals surface area contributed by atoms with Gasteiger partial charge in [-0.15, -0.1) is 11.3 Å². The van der Waals surface area contributed by atoms with E-state index in [1.807, 2.05) is 35.7 Å². The van der Waals surface area contributed by atoms with Crippen molar-refractivity contribution in [3.8, 4) is 0 Å². The second-order valence-corrected chi connectivity index (χ2v) is 6.17. The molecule has 1 aliphatic carbocycles. The van der Waals surface area contributed by atoms with E-state index in [0.717, 1.165) is 10.4 Å². The van der Waals surface area contributed by atoms with Crippen LogP contribution >= 0.6 is 11.3 Å². The summed E-state index contributed by atoms with van der Waals surface area (Å²) >= 11 is 1.64. The van der Waals surface area contributed by atoms with E-state index in [9.17, 15) is 9.90 Å². The maximum Gasteiger partial charge on any atom is 0.325 e. The third-order valence-electron chi connectivity index (χ3n) is 3.63. The molecule has 1 heterocycles. The molecule has 1 aromatic carbocycles. The Balaban J connectivity index is 1.81. The van der Waals surface area contributed by atoms with Gasteiger partial charge in [-0.1, -0.05) is 30.3 Å². The van der Waals surface area contributed by atoms with Crippen molar-refractivity contribution in [1.29, 1.82) is 0 Å². The summed E-state index contributed by atoms with van der Waals surface area (Å²) in [4.78, 5) is 12.7. The van der Waals surface area contributed by atoms with Crippen LogP contribution in [0.1, 0.15) is 40.8 Å². The first-order valence-electron chi connectivity index (χ1n) is 6.83. The van der Waals surface area contributed by atoms with Gasteiger partial charge in [-0.05, 0) is 41.3 Å². The second-order valence-electron chi connectivity index (χ2n) is 5.13. The van der Waals surface area contributed by atoms with Crippen molar-refractivity contribution in [1.82, 2.24) is 5.32 Å². The minimum absolute atomic E-state index is 0.552. The molecule has 104 valence electrons. The third-order valence-corrected chi connectivity index (χ3v) is 4.51. The van der Waals surface area contributed by atoms with Crippen LogP contribution in [0.2, 0.25) is 0 Å². The standard InChI is InChI=1S/C16H17NO2S/c18-16(19)15(17-10-12-4-3-9-20-12)14-6-2-1-5-13(14)11-7-8-11/h1-6,9,11,15,17H,7-8,10H2,(H,18,19). The number of carboxylic acid groups (broad SMARTS) is 1. The van der Waals surface area contributed by atoms with Gasteiger partial charge in [0.25, 0.3) is 0 Å². The fourth-order valence-electron chi connectivity index (χ4n) is 2.49. The summed E-state index contributed by atoms with van der Waals surface area (Å²) in [6.07, 6.45) is 2.35. The van der Waals surface area contributed by atoms with E-state index in [-0.39, 0.29) is 0 Å². The number of benzene rings is 1. The molecule has 2 aromatic rings. The Morgan fingerprint density at radius 3 is 2.75 bits per heavy atom. The van der Waals surface area contributed by atoms with Crippen LogP contribution in [0.25, 0.3) is 0 Å². The zero-order valence-corrected chi connectivity index (χ0v) is 11.9. The minimum atomic E-state index is -0.811. The van der Waals surface area contributed by atoms with E-state index >= 15 is 0 Å². The smallest absolute Gasteiger partial charge is 0.325 e. The molecule has 0 spiro atoms. The average Bonchev–Trinajstić information content (AvgIpc) is 3.16. The number of aliphatic carboxylic acids is 1. The van der Waals surface area contributed by atoms with Crippen molar-refractivity contribution in [3.63, 3.8) is 0 Å². The van der Waals surface area contributed by atoms with E-state index in [4.69, 9.17) is 0 Å². The molecular weight excluding hydrogens is 270 g/mol. The zero-order chi connectivity index (χ0) is 13.9. The molecule has 0 saturated heterocycles. The fourth-order valence-corrected chi connectivity index (χ4v) is 3.14. The van der Waals surface area contributed by atoms with E-state index in [1.165, 1.54) is 18.4 Å². The van der Waals surface area contributed by atoms with Gasteiger partial charge < -0.3 is 5.11 Å². The maximum absolute atomic E-state index is 11.6. The van der Waals surface area contributed by atoms with Crippen molar-refractivity contribution in [3.05, 3.63) is 57.8 Å². The van der Waals surface area contributed by atoms with Gasteiger partial charge in [-0.3, -0.25) is 10.1 Å². The van der Waals surface area contributed by atoms with Crippen LogP contribution < -0.4 is 5.32 Å². The number of thiophene rings is 1. The summed E-state index contributed by atoms with van der Waals surface area (Å²) in [5, 5.41) is 14.7. The summed E-state index contributed by atoms with van der Waals surface area (Å²) in [5.41, 5.74) is 2.11. The molecule has 1 atom stereocenters. The Hall–Kier alpha value is -1.65. The van der Waals surface area contributed by atoms with Crippen molar-refractivity contribution >= 4 is 17.3 Å². The van der Waals surface area contributed by atoms with Gasteiger partial charge in [-0.25, -0.2) is 0 Å². The first-order chi connectivity index (χ1) is 9.75. The molecule has 1 unspecified atom stereocenters. The number of carbonyl (C=O) groups is 1. The molecule has 1 fully saturated rings. The van der Waals surface area contributed by atoms with Crippen LogP contribution in [-0.4, -0.2) is 11.1 Å². The molecule has 0 aliphatic heterocycles. The molecule has 1 aromatic heterocycles. The summed E-state index contributed by atoms with van der Waals surface area (Å²) in [6, 6.07) is 11.3. The summed E-state index contributed by atoms with van der Waals surface area (Å²) in [5.74, 6) is -0.258. The fraction of sp³-hybridized carbons (Fsp3) is 0.312. The number of nitrogens with one attached hydrogen (secondary N) is 1. The summed E-state index contributed by atoms with van der Waals surface area (Å²) in [7, 11) is 0. The summed E-state index contributed by atoms with van der Waals surface area (Å²) in [6.45, 7) is 0.591. The highest BCUT2D eigenvalue weighted by atomic mass is 32.1. The number of hydrogen-bond donors (Lipinski definition) is 2. The maximum atomic E-state index is 11.6. The lowest BCUT2D eigenvalue weighted by Gasteiger charge is -2.18. The van der Waals surface area contributed by atoms with Gasteiger partial charge in [0.2, 0.25) is 0 Å². The first-order valence-corrected chi connectivity index (χ1v) is 7.71. The van der Waals surface area contributed by atoms with Crippen molar-refractivity contribution in [2.75, 3.05) is 0 Å². The molecular formula is C16H17NO2S. The van der Waals surface area contributed by atoms with Gasteiger partial charge >= 0.3 is 5.97 Å². The Labute approximate surface area is 122 Å². The molecule has 1 aliphatic rings. The second kappa shape index (κ2) is 5.77. The van der Waals surface area contributed by atoms with Gasteiger partial charge in [0.15, 0.2) is 0 Å². The molecule has 0 amide bonds. The highest BCUT2D eigenvalue weighted by molar-refractivity contribution is 7.09. The minimum Gasteiger partial charge on any atom is -0.480 e. The quantitative estimate of drug-likeness (QED) is 0.854. The molecule has 2 N–H and O–H groups in total. The van der Waals surface area contributed by atoms with Crippen molar-refractivity contribution in [2.24, 2.45) is 0 Å². The Kier molecular flexibility index (Phi) is 3.85. The van der Waals surface area contributed by atoms with Crippen LogP contribution in [0, 0.1) is 0 Å². The lowest BCUT2D eigenvalue weighted by atomic mass is 9.97. The van der Waals surface area contributed by atoms with Gasteiger partial charge in [0.05, 0.1) is 0 Å². The number of hydrogen-bond acceptors (Lipinski definition) is 3. The van der Waals surface area contributed by atoms with E-state index in [1.54, 1.807) is 11.3 Å². The largest absolute Gasteiger partial charge is 0.480 e. The van der Waals surface area contributed by atoms with Crippen LogP contribution in [0.5, 0.6) is 0 Å². The van der Waals surface area contributed by atoms with Gasteiger partial charge in [0, 0.05) is 11.4 Å². The molecule has 0 bridgehead atoms. The highest BCUT2D eigenvalue weighted by Gasteiger charge is 2.30. The molecule has 3 rings (SSSR count). The molecule has 20 heavy (non-hydrogen) atoms. The first kappa shape index (κ1) is 13.3. The van der Waals surface area contributed by atoms with Crippen LogP contribution in [0.15, 0.2) is 41.8 Å². The lowest BCUT2D eigenvalue weighted by Crippen LogP contribution is -2.28. The topological polar surface area (TPSA) is 49.3 Å². The van der Waals surface area contributed by atoms with Crippen molar-refractivity contribution in [2.45, 2.75) is 31.3 Å². The third kappa shape index (κ3) is 2.92. The monoisotopic (exact) mass is 287 g/mol. The Bertz CT molecular complexity index is 590. The van der Waals surface area contributed by atoms with Gasteiger partial charge in [0.1, 0.15) is 6.04 Å². The molecule has 4 heteroatoms. The van der Waals surface area contributed by atoms with Crippen LogP contribution in [0.3, 0.4) is 0 Å². The molecule has 3 nitrogen and oxygen atoms in total. The number of rotatable bonds is 6. The van der Waals surface area contributed by atoms with Gasteiger partial charge in [-0.2, -0.15) is 0 Å². The Morgan fingerprint density at radius 1 is 1.30 bits per heavy atom.